The number of piperidine rings is 1. The number of rotatable bonds is 2. The minimum absolute atomic E-state index is 0.212. The van der Waals surface area contributed by atoms with Crippen LogP contribution in [0.3, 0.4) is 0 Å². The summed E-state index contributed by atoms with van der Waals surface area (Å²) in [5.74, 6) is 0.563. The third-order valence-electron chi connectivity index (χ3n) is 4.48. The van der Waals surface area contributed by atoms with Crippen molar-refractivity contribution in [3.63, 3.8) is 0 Å². The molecule has 1 aromatic carbocycles. The Morgan fingerprint density at radius 1 is 1.15 bits per heavy atom. The van der Waals surface area contributed by atoms with Gasteiger partial charge in [0.05, 0.1) is 6.04 Å². The number of hydrogen-bond acceptors (Lipinski definition) is 2. The summed E-state index contributed by atoms with van der Waals surface area (Å²) in [5, 5.41) is 4.08. The summed E-state index contributed by atoms with van der Waals surface area (Å²) in [6, 6.07) is 8.20. The highest BCUT2D eigenvalue weighted by Crippen LogP contribution is 2.34. The number of nitrogens with zero attached hydrogens (tertiary/aromatic N) is 1. The molecule has 0 aliphatic carbocycles. The molecule has 1 atom stereocenters. The molecule has 2 aliphatic rings. The van der Waals surface area contributed by atoms with E-state index in [1.807, 2.05) is 12.1 Å². The van der Waals surface area contributed by atoms with Crippen molar-refractivity contribution >= 4 is 17.5 Å². The fraction of sp³-hybridized carbons (Fsp3) is 0.562. The number of benzene rings is 1. The molecule has 4 heteroatoms. The molecule has 1 unspecified atom stereocenters. The average Bonchev–Trinajstić information content (AvgIpc) is 2.97. The summed E-state index contributed by atoms with van der Waals surface area (Å²) in [5.41, 5.74) is 1.22. The summed E-state index contributed by atoms with van der Waals surface area (Å²) < 4.78 is 0. The fourth-order valence-electron chi connectivity index (χ4n) is 3.37. The lowest BCUT2D eigenvalue weighted by Gasteiger charge is -2.31. The van der Waals surface area contributed by atoms with Crippen LogP contribution in [0.15, 0.2) is 24.3 Å². The molecule has 2 fully saturated rings. The van der Waals surface area contributed by atoms with Crippen LogP contribution in [0.4, 0.5) is 0 Å². The van der Waals surface area contributed by atoms with Crippen LogP contribution in [0.2, 0.25) is 5.02 Å². The van der Waals surface area contributed by atoms with E-state index in [-0.39, 0.29) is 12.0 Å². The number of halogens is 1. The van der Waals surface area contributed by atoms with E-state index in [4.69, 9.17) is 11.6 Å². The Kier molecular flexibility index (Phi) is 4.27. The van der Waals surface area contributed by atoms with Gasteiger partial charge in [0.1, 0.15) is 0 Å². The first kappa shape index (κ1) is 13.9. The molecule has 3 nitrogen and oxygen atoms in total. The van der Waals surface area contributed by atoms with Gasteiger partial charge in [-0.1, -0.05) is 23.7 Å². The molecule has 2 aliphatic heterocycles. The van der Waals surface area contributed by atoms with Gasteiger partial charge in [-0.3, -0.25) is 4.79 Å². The molecule has 2 heterocycles. The summed E-state index contributed by atoms with van der Waals surface area (Å²) in [7, 11) is 0. The first-order valence-corrected chi connectivity index (χ1v) is 7.90. The Hall–Kier alpha value is -1.06. The number of hydrogen-bond donors (Lipinski definition) is 1. The lowest BCUT2D eigenvalue weighted by Crippen LogP contribution is -2.40. The minimum atomic E-state index is 0.212. The first-order valence-electron chi connectivity index (χ1n) is 7.52. The molecule has 0 bridgehead atoms. The molecular weight excluding hydrogens is 272 g/mol. The van der Waals surface area contributed by atoms with E-state index < -0.39 is 0 Å². The van der Waals surface area contributed by atoms with Gasteiger partial charge in [0.15, 0.2) is 0 Å². The van der Waals surface area contributed by atoms with Crippen molar-refractivity contribution in [3.05, 3.63) is 34.9 Å². The van der Waals surface area contributed by atoms with Crippen molar-refractivity contribution < 1.29 is 4.79 Å². The molecule has 108 valence electrons. The van der Waals surface area contributed by atoms with Crippen LogP contribution in [0.1, 0.15) is 37.3 Å². The monoisotopic (exact) mass is 292 g/mol. The van der Waals surface area contributed by atoms with E-state index in [2.05, 4.69) is 22.3 Å². The van der Waals surface area contributed by atoms with Crippen molar-refractivity contribution in [2.45, 2.75) is 31.7 Å². The number of amides is 1. The zero-order valence-electron chi connectivity index (χ0n) is 11.6. The average molecular weight is 293 g/mol. The molecule has 1 N–H and O–H groups in total. The van der Waals surface area contributed by atoms with Crippen LogP contribution in [0.25, 0.3) is 0 Å². The lowest BCUT2D eigenvalue weighted by molar-refractivity contribution is -0.137. The van der Waals surface area contributed by atoms with Crippen LogP contribution in [0.5, 0.6) is 0 Å². The molecule has 2 saturated heterocycles. The summed E-state index contributed by atoms with van der Waals surface area (Å²) >= 11 is 5.95. The van der Waals surface area contributed by atoms with E-state index in [0.717, 1.165) is 50.3 Å². The standard InChI is InChI=1S/C16H21ClN2O/c17-14-5-3-12(4-6-14)15-2-1-11-19(15)16(20)13-7-9-18-10-8-13/h3-6,13,15,18H,1-2,7-11H2. The first-order chi connectivity index (χ1) is 9.75. The van der Waals surface area contributed by atoms with Gasteiger partial charge in [-0.2, -0.15) is 0 Å². The van der Waals surface area contributed by atoms with Gasteiger partial charge in [-0.25, -0.2) is 0 Å². The SMILES string of the molecule is O=C(C1CCNCC1)N1CCCC1c1ccc(Cl)cc1. The molecule has 3 rings (SSSR count). The van der Waals surface area contributed by atoms with Crippen LogP contribution in [-0.4, -0.2) is 30.4 Å². The van der Waals surface area contributed by atoms with Crippen LogP contribution >= 0.6 is 11.6 Å². The second kappa shape index (κ2) is 6.15. The van der Waals surface area contributed by atoms with E-state index in [9.17, 15) is 4.79 Å². The molecule has 0 radical (unpaired) electrons. The smallest absolute Gasteiger partial charge is 0.226 e. The van der Waals surface area contributed by atoms with E-state index >= 15 is 0 Å². The Morgan fingerprint density at radius 2 is 1.85 bits per heavy atom. The molecule has 0 spiro atoms. The second-order valence-corrected chi connectivity index (χ2v) is 6.20. The van der Waals surface area contributed by atoms with Crippen molar-refractivity contribution in [2.24, 2.45) is 5.92 Å². The zero-order valence-corrected chi connectivity index (χ0v) is 12.4. The number of likely N-dealkylation sites (tertiary alicyclic amines) is 1. The highest BCUT2D eigenvalue weighted by molar-refractivity contribution is 6.30. The van der Waals surface area contributed by atoms with Gasteiger partial charge in [0.25, 0.3) is 0 Å². The van der Waals surface area contributed by atoms with Gasteiger partial charge >= 0.3 is 0 Å². The fourth-order valence-corrected chi connectivity index (χ4v) is 3.49. The van der Waals surface area contributed by atoms with Gasteiger partial charge < -0.3 is 10.2 Å². The third kappa shape index (κ3) is 2.84. The number of carbonyl (C=O) groups excluding carboxylic acids is 1. The topological polar surface area (TPSA) is 32.3 Å². The van der Waals surface area contributed by atoms with E-state index in [0.29, 0.717) is 5.91 Å². The van der Waals surface area contributed by atoms with Crippen LogP contribution in [-0.2, 0) is 4.79 Å². The van der Waals surface area contributed by atoms with Crippen LogP contribution in [0, 0.1) is 5.92 Å². The Bertz CT molecular complexity index is 468. The summed E-state index contributed by atoms with van der Waals surface area (Å²) in [6.45, 7) is 2.84. The number of nitrogens with one attached hydrogen (secondary N) is 1. The minimum Gasteiger partial charge on any atom is -0.335 e. The van der Waals surface area contributed by atoms with Crippen LogP contribution < -0.4 is 5.32 Å². The highest BCUT2D eigenvalue weighted by Gasteiger charge is 2.34. The van der Waals surface area contributed by atoms with Crippen molar-refractivity contribution in [1.82, 2.24) is 10.2 Å². The zero-order chi connectivity index (χ0) is 13.9. The lowest BCUT2D eigenvalue weighted by atomic mass is 9.95. The predicted molar refractivity (Wildman–Crippen MR) is 80.7 cm³/mol. The Morgan fingerprint density at radius 3 is 2.55 bits per heavy atom. The van der Waals surface area contributed by atoms with E-state index in [1.165, 1.54) is 5.56 Å². The molecular formula is C16H21ClN2O. The summed E-state index contributed by atoms with van der Waals surface area (Å²) in [4.78, 5) is 14.8. The quantitative estimate of drug-likeness (QED) is 0.909. The molecule has 1 amide bonds. The van der Waals surface area contributed by atoms with Crippen molar-refractivity contribution in [1.29, 1.82) is 0 Å². The van der Waals surface area contributed by atoms with Gasteiger partial charge in [0.2, 0.25) is 5.91 Å². The third-order valence-corrected chi connectivity index (χ3v) is 4.73. The molecule has 0 saturated carbocycles. The number of carbonyl (C=O) groups is 1. The van der Waals surface area contributed by atoms with Gasteiger partial charge in [-0.05, 0) is 56.5 Å². The maximum atomic E-state index is 12.7. The molecule has 20 heavy (non-hydrogen) atoms. The van der Waals surface area contributed by atoms with Gasteiger partial charge in [-0.15, -0.1) is 0 Å². The Balaban J connectivity index is 1.74. The van der Waals surface area contributed by atoms with E-state index in [1.54, 1.807) is 0 Å². The van der Waals surface area contributed by atoms with Gasteiger partial charge in [0, 0.05) is 17.5 Å². The second-order valence-electron chi connectivity index (χ2n) is 5.77. The maximum absolute atomic E-state index is 12.7. The largest absolute Gasteiger partial charge is 0.335 e. The predicted octanol–water partition coefficient (Wildman–Crippen LogP) is 3.00. The molecule has 1 aromatic rings. The van der Waals surface area contributed by atoms with Crippen molar-refractivity contribution in [3.8, 4) is 0 Å². The maximum Gasteiger partial charge on any atom is 0.226 e. The highest BCUT2D eigenvalue weighted by atomic mass is 35.5. The molecule has 0 aromatic heterocycles. The van der Waals surface area contributed by atoms with Crippen molar-refractivity contribution in [2.75, 3.05) is 19.6 Å². The Labute approximate surface area is 125 Å². The normalized spacial score (nSPS) is 24.1. The summed E-state index contributed by atoms with van der Waals surface area (Å²) in [6.07, 6.45) is 4.12.